The van der Waals surface area contributed by atoms with Gasteiger partial charge in [-0.15, -0.1) is 0 Å². The van der Waals surface area contributed by atoms with Crippen molar-refractivity contribution in [3.8, 4) is 0 Å². The van der Waals surface area contributed by atoms with E-state index in [1.807, 2.05) is 0 Å². The van der Waals surface area contributed by atoms with Crippen LogP contribution in [0.25, 0.3) is 0 Å². The summed E-state index contributed by atoms with van der Waals surface area (Å²) < 4.78 is 28.3. The smallest absolute Gasteiger partial charge is 0.341 e. The van der Waals surface area contributed by atoms with Gasteiger partial charge in [-0.2, -0.15) is 8.42 Å². The van der Waals surface area contributed by atoms with Gasteiger partial charge in [-0.05, 0) is 30.2 Å². The molecule has 0 aliphatic heterocycles. The van der Waals surface area contributed by atoms with Crippen LogP contribution < -0.4 is 0 Å². The molecule has 21 heavy (non-hydrogen) atoms. The van der Waals surface area contributed by atoms with Gasteiger partial charge in [0.15, 0.2) is 0 Å². The highest BCUT2D eigenvalue weighted by atomic mass is 35.5. The van der Waals surface area contributed by atoms with Crippen LogP contribution in [0.2, 0.25) is 5.02 Å². The summed E-state index contributed by atoms with van der Waals surface area (Å²) in [5, 5.41) is 0.538. The van der Waals surface area contributed by atoms with E-state index in [1.54, 1.807) is 42.5 Å². The van der Waals surface area contributed by atoms with Crippen molar-refractivity contribution in [2.45, 2.75) is 17.7 Å². The molecule has 110 valence electrons. The summed E-state index contributed by atoms with van der Waals surface area (Å²) in [6.45, 7) is 0. The van der Waals surface area contributed by atoms with E-state index < -0.39 is 16.1 Å². The van der Waals surface area contributed by atoms with Crippen molar-refractivity contribution in [3.63, 3.8) is 0 Å². The molecule has 0 atom stereocenters. The summed E-state index contributed by atoms with van der Waals surface area (Å²) in [6.07, 6.45) is 0.263. The summed E-state index contributed by atoms with van der Waals surface area (Å²) in [5.74, 6) is -0.807. The first-order chi connectivity index (χ1) is 9.99. The average Bonchev–Trinajstić information content (AvgIpc) is 2.47. The van der Waals surface area contributed by atoms with Crippen LogP contribution in [-0.2, 0) is 25.5 Å². The van der Waals surface area contributed by atoms with Crippen LogP contribution in [0, 0.1) is 0 Å². The Balaban J connectivity index is 1.98. The molecule has 0 N–H and O–H groups in total. The van der Waals surface area contributed by atoms with Crippen molar-refractivity contribution < 1.29 is 17.4 Å². The number of hydrogen-bond donors (Lipinski definition) is 0. The van der Waals surface area contributed by atoms with Crippen LogP contribution in [0.4, 0.5) is 0 Å². The molecule has 4 nitrogen and oxygen atoms in total. The predicted molar refractivity (Wildman–Crippen MR) is 79.5 cm³/mol. The van der Waals surface area contributed by atoms with Crippen LogP contribution in [0.3, 0.4) is 0 Å². The quantitative estimate of drug-likeness (QED) is 0.792. The minimum absolute atomic E-state index is 0.0453. The second-order valence-corrected chi connectivity index (χ2v) is 6.27. The average molecular weight is 325 g/mol. The predicted octanol–water partition coefficient (Wildman–Crippen LogP) is 3.20. The number of carbonyl (C=O) groups is 1. The van der Waals surface area contributed by atoms with E-state index in [2.05, 4.69) is 4.18 Å². The Morgan fingerprint density at radius 1 is 1.00 bits per heavy atom. The van der Waals surface area contributed by atoms with Crippen LogP contribution in [0.15, 0.2) is 59.5 Å². The van der Waals surface area contributed by atoms with Crippen molar-refractivity contribution in [2.75, 3.05) is 0 Å². The Kier molecular flexibility index (Phi) is 4.98. The van der Waals surface area contributed by atoms with Gasteiger partial charge in [0, 0.05) is 5.02 Å². The highest BCUT2D eigenvalue weighted by molar-refractivity contribution is 7.87. The molecule has 0 radical (unpaired) electrons. The third-order valence-electron chi connectivity index (χ3n) is 2.79. The SMILES string of the molecule is O=C(CCc1ccccc1Cl)OS(=O)(=O)c1ccccc1. The maximum Gasteiger partial charge on any atom is 0.341 e. The summed E-state index contributed by atoms with van der Waals surface area (Å²) in [7, 11) is -4.06. The molecule has 2 aromatic carbocycles. The van der Waals surface area contributed by atoms with Crippen molar-refractivity contribution in [2.24, 2.45) is 0 Å². The number of rotatable bonds is 5. The fraction of sp³-hybridized carbons (Fsp3) is 0.133. The summed E-state index contributed by atoms with van der Waals surface area (Å²) in [4.78, 5) is 11.6. The maximum atomic E-state index is 11.9. The Labute approximate surface area is 128 Å². The molecular weight excluding hydrogens is 312 g/mol. The Morgan fingerprint density at radius 2 is 1.62 bits per heavy atom. The van der Waals surface area contributed by atoms with Gasteiger partial charge in [0.2, 0.25) is 0 Å². The maximum absolute atomic E-state index is 11.9. The fourth-order valence-electron chi connectivity index (χ4n) is 1.74. The summed E-state index contributed by atoms with van der Waals surface area (Å²) in [5.41, 5.74) is 0.772. The van der Waals surface area contributed by atoms with E-state index in [0.29, 0.717) is 11.4 Å². The number of aryl methyl sites for hydroxylation is 1. The Hall–Kier alpha value is -1.85. The Bertz CT molecular complexity index is 726. The summed E-state index contributed by atoms with van der Waals surface area (Å²) in [6, 6.07) is 14.6. The lowest BCUT2D eigenvalue weighted by atomic mass is 10.1. The van der Waals surface area contributed by atoms with Crippen molar-refractivity contribution in [1.29, 1.82) is 0 Å². The van der Waals surface area contributed by atoms with Gasteiger partial charge < -0.3 is 4.18 Å². The molecule has 0 amide bonds. The van der Waals surface area contributed by atoms with Crippen molar-refractivity contribution in [3.05, 3.63) is 65.2 Å². The molecule has 0 aliphatic rings. The zero-order valence-corrected chi connectivity index (χ0v) is 12.6. The minimum Gasteiger partial charge on any atom is -0.342 e. The number of halogens is 1. The van der Waals surface area contributed by atoms with E-state index in [4.69, 9.17) is 11.6 Å². The lowest BCUT2D eigenvalue weighted by Gasteiger charge is -2.06. The monoisotopic (exact) mass is 324 g/mol. The number of carbonyl (C=O) groups excluding carboxylic acids is 1. The first-order valence-corrected chi connectivity index (χ1v) is 8.03. The van der Waals surface area contributed by atoms with E-state index in [0.717, 1.165) is 5.56 Å². The van der Waals surface area contributed by atoms with Gasteiger partial charge in [0.1, 0.15) is 4.90 Å². The highest BCUT2D eigenvalue weighted by Crippen LogP contribution is 2.18. The highest BCUT2D eigenvalue weighted by Gasteiger charge is 2.19. The van der Waals surface area contributed by atoms with E-state index in [-0.39, 0.29) is 11.3 Å². The van der Waals surface area contributed by atoms with Gasteiger partial charge in [0.25, 0.3) is 0 Å². The lowest BCUT2D eigenvalue weighted by Crippen LogP contribution is -2.13. The van der Waals surface area contributed by atoms with Crippen LogP contribution in [-0.4, -0.2) is 14.4 Å². The van der Waals surface area contributed by atoms with Crippen LogP contribution >= 0.6 is 11.6 Å². The molecule has 2 aromatic rings. The summed E-state index contributed by atoms with van der Waals surface area (Å²) >= 11 is 5.97. The van der Waals surface area contributed by atoms with Crippen LogP contribution in [0.5, 0.6) is 0 Å². The van der Waals surface area contributed by atoms with E-state index >= 15 is 0 Å². The molecule has 0 bridgehead atoms. The molecule has 0 spiro atoms. The van der Waals surface area contributed by atoms with Gasteiger partial charge in [0.05, 0.1) is 6.42 Å². The largest absolute Gasteiger partial charge is 0.342 e. The lowest BCUT2D eigenvalue weighted by molar-refractivity contribution is -0.133. The normalized spacial score (nSPS) is 11.1. The molecule has 6 heteroatoms. The van der Waals surface area contributed by atoms with Gasteiger partial charge in [-0.1, -0.05) is 48.0 Å². The van der Waals surface area contributed by atoms with Gasteiger partial charge >= 0.3 is 16.1 Å². The second kappa shape index (κ2) is 6.74. The Morgan fingerprint density at radius 3 is 2.29 bits per heavy atom. The standard InChI is InChI=1S/C15H13ClO4S/c16-14-9-5-4-6-12(14)10-11-15(17)20-21(18,19)13-7-2-1-3-8-13/h1-9H,10-11H2. The molecule has 0 unspecified atom stereocenters. The molecule has 0 saturated heterocycles. The first kappa shape index (κ1) is 15.5. The molecule has 0 aliphatic carbocycles. The third kappa shape index (κ3) is 4.31. The van der Waals surface area contributed by atoms with E-state index in [1.165, 1.54) is 12.1 Å². The van der Waals surface area contributed by atoms with Gasteiger partial charge in [-0.25, -0.2) is 0 Å². The zero-order valence-electron chi connectivity index (χ0n) is 11.0. The second-order valence-electron chi connectivity index (χ2n) is 4.31. The molecular formula is C15H13ClO4S. The molecule has 0 fully saturated rings. The number of benzene rings is 2. The van der Waals surface area contributed by atoms with E-state index in [9.17, 15) is 13.2 Å². The van der Waals surface area contributed by atoms with Crippen LogP contribution in [0.1, 0.15) is 12.0 Å². The van der Waals surface area contributed by atoms with Crippen molar-refractivity contribution in [1.82, 2.24) is 0 Å². The fourth-order valence-corrected chi connectivity index (χ4v) is 2.88. The number of hydrogen-bond acceptors (Lipinski definition) is 4. The molecule has 0 aromatic heterocycles. The zero-order chi connectivity index (χ0) is 15.3. The minimum atomic E-state index is -4.06. The molecule has 0 saturated carbocycles. The third-order valence-corrected chi connectivity index (χ3v) is 4.41. The molecule has 2 rings (SSSR count). The van der Waals surface area contributed by atoms with Crippen molar-refractivity contribution >= 4 is 27.7 Å². The topological polar surface area (TPSA) is 60.4 Å². The molecule has 0 heterocycles. The van der Waals surface area contributed by atoms with Gasteiger partial charge in [-0.3, -0.25) is 4.79 Å². The first-order valence-electron chi connectivity index (χ1n) is 6.25.